The molecular formula is C20H18BrN5O4. The minimum Gasteiger partial charge on any atom is -0.496 e. The fourth-order valence-electron chi connectivity index (χ4n) is 3.19. The van der Waals surface area contributed by atoms with E-state index < -0.39 is 11.2 Å². The Morgan fingerprint density at radius 2 is 1.97 bits per heavy atom. The Kier molecular flexibility index (Phi) is 5.02. The van der Waals surface area contributed by atoms with Crippen LogP contribution < -0.4 is 16.0 Å². The van der Waals surface area contributed by atoms with Crippen LogP contribution in [0, 0.1) is 13.8 Å². The topological polar surface area (TPSA) is 105 Å². The summed E-state index contributed by atoms with van der Waals surface area (Å²) in [5, 5.41) is 0.262. The van der Waals surface area contributed by atoms with Gasteiger partial charge in [-0.15, -0.1) is 0 Å². The summed E-state index contributed by atoms with van der Waals surface area (Å²) in [6.45, 7) is 3.40. The summed E-state index contributed by atoms with van der Waals surface area (Å²) in [6.07, 6.45) is 1.43. The Bertz CT molecular complexity index is 1400. The number of aryl methyl sites for hydroxylation is 3. The van der Waals surface area contributed by atoms with E-state index in [2.05, 4.69) is 30.9 Å². The maximum atomic E-state index is 12.9. The van der Waals surface area contributed by atoms with E-state index in [4.69, 9.17) is 9.15 Å². The molecule has 0 bridgehead atoms. The van der Waals surface area contributed by atoms with Gasteiger partial charge in [0.15, 0.2) is 5.65 Å². The number of ether oxygens (including phenoxy) is 1. The maximum Gasteiger partial charge on any atom is 0.332 e. The standard InChI is InChI=1S/C20H18BrN5O4/c1-10-15(24-18(30-10)13-7-12(21)5-6-16(13)29-4)9-26-19(27)14-8-22-11(2)23-17(14)25(3)20(26)28/h5-8H,9H2,1-4H3. The molecule has 0 saturated carbocycles. The minimum atomic E-state index is -0.491. The summed E-state index contributed by atoms with van der Waals surface area (Å²) in [5.74, 6) is 1.92. The van der Waals surface area contributed by atoms with Crippen LogP contribution in [0.5, 0.6) is 5.75 Å². The van der Waals surface area contributed by atoms with Gasteiger partial charge >= 0.3 is 5.69 Å². The summed E-state index contributed by atoms with van der Waals surface area (Å²) in [6, 6.07) is 5.47. The first-order valence-electron chi connectivity index (χ1n) is 9.03. The van der Waals surface area contributed by atoms with Crippen LogP contribution in [0.15, 0.2) is 42.9 Å². The first-order valence-corrected chi connectivity index (χ1v) is 9.83. The first-order chi connectivity index (χ1) is 14.3. The second-order valence-electron chi connectivity index (χ2n) is 6.75. The predicted octanol–water partition coefficient (Wildman–Crippen LogP) is 2.58. The number of rotatable bonds is 4. The molecule has 0 unspecified atom stereocenters. The van der Waals surface area contributed by atoms with Crippen LogP contribution in [0.3, 0.4) is 0 Å². The van der Waals surface area contributed by atoms with Crippen molar-refractivity contribution in [2.24, 2.45) is 7.05 Å². The van der Waals surface area contributed by atoms with Crippen LogP contribution in [0.2, 0.25) is 0 Å². The van der Waals surface area contributed by atoms with E-state index in [1.807, 2.05) is 12.1 Å². The normalized spacial score (nSPS) is 11.2. The van der Waals surface area contributed by atoms with Gasteiger partial charge in [-0.1, -0.05) is 15.9 Å². The fraction of sp³-hybridized carbons (Fsp3) is 0.250. The summed E-state index contributed by atoms with van der Waals surface area (Å²) in [4.78, 5) is 38.6. The Morgan fingerprint density at radius 1 is 1.20 bits per heavy atom. The third-order valence-electron chi connectivity index (χ3n) is 4.79. The van der Waals surface area contributed by atoms with Crippen LogP contribution >= 0.6 is 15.9 Å². The van der Waals surface area contributed by atoms with Crippen LogP contribution in [-0.2, 0) is 13.6 Å². The molecule has 0 spiro atoms. The van der Waals surface area contributed by atoms with Gasteiger partial charge in [0.05, 0.1) is 19.2 Å². The summed E-state index contributed by atoms with van der Waals surface area (Å²) >= 11 is 3.43. The van der Waals surface area contributed by atoms with E-state index in [0.29, 0.717) is 40.1 Å². The van der Waals surface area contributed by atoms with Gasteiger partial charge in [0, 0.05) is 17.7 Å². The third-order valence-corrected chi connectivity index (χ3v) is 5.29. The first kappa shape index (κ1) is 20.0. The smallest absolute Gasteiger partial charge is 0.332 e. The van der Waals surface area contributed by atoms with E-state index in [1.165, 1.54) is 10.8 Å². The van der Waals surface area contributed by atoms with Crippen molar-refractivity contribution in [1.82, 2.24) is 24.1 Å². The fourth-order valence-corrected chi connectivity index (χ4v) is 3.56. The van der Waals surface area contributed by atoms with Crippen molar-refractivity contribution in [2.45, 2.75) is 20.4 Å². The van der Waals surface area contributed by atoms with Gasteiger partial charge in [-0.25, -0.2) is 19.7 Å². The van der Waals surface area contributed by atoms with E-state index in [-0.39, 0.29) is 11.9 Å². The zero-order chi connectivity index (χ0) is 21.6. The molecule has 0 aliphatic carbocycles. The van der Waals surface area contributed by atoms with E-state index in [0.717, 1.165) is 9.04 Å². The van der Waals surface area contributed by atoms with Crippen molar-refractivity contribution in [2.75, 3.05) is 7.11 Å². The minimum absolute atomic E-state index is 0.0407. The van der Waals surface area contributed by atoms with Crippen LogP contribution in [0.25, 0.3) is 22.5 Å². The van der Waals surface area contributed by atoms with E-state index >= 15 is 0 Å². The van der Waals surface area contributed by atoms with Gasteiger partial charge < -0.3 is 9.15 Å². The molecule has 154 valence electrons. The highest BCUT2D eigenvalue weighted by Gasteiger charge is 2.19. The quantitative estimate of drug-likeness (QED) is 0.450. The molecule has 0 saturated heterocycles. The number of nitrogens with zero attached hydrogens (tertiary/aromatic N) is 5. The molecule has 0 fully saturated rings. The van der Waals surface area contributed by atoms with Crippen LogP contribution in [-0.4, -0.2) is 31.2 Å². The molecule has 0 atom stereocenters. The van der Waals surface area contributed by atoms with Crippen LogP contribution in [0.4, 0.5) is 0 Å². The number of oxazole rings is 1. The number of aromatic nitrogens is 5. The lowest BCUT2D eigenvalue weighted by atomic mass is 10.2. The van der Waals surface area contributed by atoms with E-state index in [1.54, 1.807) is 34.1 Å². The summed E-state index contributed by atoms with van der Waals surface area (Å²) < 4.78 is 14.5. The van der Waals surface area contributed by atoms with Gasteiger partial charge in [-0.3, -0.25) is 13.9 Å². The predicted molar refractivity (Wildman–Crippen MR) is 114 cm³/mol. The number of fused-ring (bicyclic) bond motifs is 1. The van der Waals surface area contributed by atoms with Crippen molar-refractivity contribution in [1.29, 1.82) is 0 Å². The van der Waals surface area contributed by atoms with Gasteiger partial charge in [-0.05, 0) is 32.0 Å². The maximum absolute atomic E-state index is 12.9. The average molecular weight is 472 g/mol. The van der Waals surface area contributed by atoms with Crippen molar-refractivity contribution < 1.29 is 9.15 Å². The molecule has 0 aliphatic heterocycles. The van der Waals surface area contributed by atoms with Gasteiger partial charge in [-0.2, -0.15) is 0 Å². The molecule has 0 radical (unpaired) electrons. The molecule has 4 rings (SSSR count). The van der Waals surface area contributed by atoms with Crippen molar-refractivity contribution in [3.05, 3.63) is 67.0 Å². The molecule has 30 heavy (non-hydrogen) atoms. The van der Waals surface area contributed by atoms with Crippen molar-refractivity contribution in [3.63, 3.8) is 0 Å². The Morgan fingerprint density at radius 3 is 2.70 bits per heavy atom. The molecule has 1 aromatic carbocycles. The SMILES string of the molecule is COc1ccc(Br)cc1-c1nc(Cn2c(=O)c3cnc(C)nc3n(C)c2=O)c(C)o1. The highest BCUT2D eigenvalue weighted by Crippen LogP contribution is 2.33. The van der Waals surface area contributed by atoms with Gasteiger partial charge in [0.1, 0.15) is 28.4 Å². The molecule has 9 nitrogen and oxygen atoms in total. The van der Waals surface area contributed by atoms with Crippen molar-refractivity contribution in [3.8, 4) is 17.2 Å². The Balaban J connectivity index is 1.83. The molecule has 0 amide bonds. The third kappa shape index (κ3) is 3.32. The highest BCUT2D eigenvalue weighted by molar-refractivity contribution is 9.10. The second kappa shape index (κ2) is 7.52. The lowest BCUT2D eigenvalue weighted by Gasteiger charge is -2.09. The zero-order valence-electron chi connectivity index (χ0n) is 16.8. The molecule has 10 heteroatoms. The molecular weight excluding hydrogens is 454 g/mol. The average Bonchev–Trinajstić information content (AvgIpc) is 3.09. The van der Waals surface area contributed by atoms with Crippen LogP contribution in [0.1, 0.15) is 17.3 Å². The molecule has 3 heterocycles. The number of hydrogen-bond acceptors (Lipinski definition) is 7. The van der Waals surface area contributed by atoms with E-state index in [9.17, 15) is 9.59 Å². The molecule has 0 N–H and O–H groups in total. The number of hydrogen-bond donors (Lipinski definition) is 0. The second-order valence-corrected chi connectivity index (χ2v) is 7.67. The molecule has 4 aromatic rings. The number of halogens is 1. The zero-order valence-corrected chi connectivity index (χ0v) is 18.3. The monoisotopic (exact) mass is 471 g/mol. The van der Waals surface area contributed by atoms with Gasteiger partial charge in [0.25, 0.3) is 5.56 Å². The highest BCUT2D eigenvalue weighted by atomic mass is 79.9. The molecule has 0 aliphatic rings. The largest absolute Gasteiger partial charge is 0.496 e. The molecule has 3 aromatic heterocycles. The Labute approximate surface area is 179 Å². The lowest BCUT2D eigenvalue weighted by Crippen LogP contribution is -2.40. The summed E-state index contributed by atoms with van der Waals surface area (Å²) in [7, 11) is 3.13. The number of benzene rings is 1. The van der Waals surface area contributed by atoms with Crippen molar-refractivity contribution >= 4 is 27.0 Å². The lowest BCUT2D eigenvalue weighted by molar-refractivity contribution is 0.414. The van der Waals surface area contributed by atoms with Gasteiger partial charge in [0.2, 0.25) is 5.89 Å². The number of methoxy groups -OCH3 is 1. The Hall–Kier alpha value is -3.27. The summed E-state index contributed by atoms with van der Waals surface area (Å²) in [5.41, 5.74) is 0.458.